The monoisotopic (exact) mass is 682 g/mol. The Morgan fingerprint density at radius 3 is 2.49 bits per heavy atom. The fourth-order valence-electron chi connectivity index (χ4n) is 6.54. The standard InChI is InChI=1S/C30H28BrF5N4O2S/c1-4-23(41)38-11-16(3)39(12-15(38)2)27-18-8-19(30(34,35)36)24(17-9-20(31)22(33)10-21(17)32)26-25(18)40(28(42)37-27)13-29(14-43-26)6-5-7-29/h4,8-10,15-16H,1,5-7,11-14H2,2-3H3/t15-,16+/m1/s1. The topological polar surface area (TPSA) is 58.4 Å². The van der Waals surface area contributed by atoms with Gasteiger partial charge in [0.1, 0.15) is 17.5 Å². The Balaban J connectivity index is 1.67. The van der Waals surface area contributed by atoms with Gasteiger partial charge in [-0.2, -0.15) is 18.2 Å². The number of piperazine rings is 1. The molecule has 3 aromatic rings. The normalized spacial score (nSPS) is 21.6. The van der Waals surface area contributed by atoms with Crippen LogP contribution < -0.4 is 10.6 Å². The van der Waals surface area contributed by atoms with Crippen LogP contribution in [-0.2, 0) is 17.5 Å². The van der Waals surface area contributed by atoms with Gasteiger partial charge in [-0.3, -0.25) is 9.36 Å². The fraction of sp³-hybridized carbons (Fsp3) is 0.433. The number of nitrogens with zero attached hydrogens (tertiary/aromatic N) is 4. The van der Waals surface area contributed by atoms with Crippen LogP contribution in [0.1, 0.15) is 38.7 Å². The van der Waals surface area contributed by atoms with Crippen LogP contribution in [0.15, 0.2) is 45.0 Å². The van der Waals surface area contributed by atoms with Gasteiger partial charge in [0.05, 0.1) is 15.6 Å². The highest BCUT2D eigenvalue weighted by molar-refractivity contribution is 9.10. The molecule has 0 unspecified atom stereocenters. The van der Waals surface area contributed by atoms with Gasteiger partial charge >= 0.3 is 11.9 Å². The van der Waals surface area contributed by atoms with Gasteiger partial charge in [0.15, 0.2) is 0 Å². The molecule has 3 aliphatic rings. The summed E-state index contributed by atoms with van der Waals surface area (Å²) in [7, 11) is 0. The number of halogens is 6. The molecule has 1 saturated carbocycles. The van der Waals surface area contributed by atoms with Crippen molar-refractivity contribution in [1.82, 2.24) is 14.5 Å². The smallest absolute Gasteiger partial charge is 0.349 e. The van der Waals surface area contributed by atoms with E-state index in [9.17, 15) is 27.2 Å². The van der Waals surface area contributed by atoms with Gasteiger partial charge in [0.2, 0.25) is 5.91 Å². The quantitative estimate of drug-likeness (QED) is 0.169. The fourth-order valence-corrected chi connectivity index (χ4v) is 8.43. The van der Waals surface area contributed by atoms with Crippen LogP contribution in [0.25, 0.3) is 22.0 Å². The van der Waals surface area contributed by atoms with Gasteiger partial charge < -0.3 is 9.80 Å². The molecule has 13 heteroatoms. The zero-order valence-electron chi connectivity index (χ0n) is 23.4. The lowest BCUT2D eigenvalue weighted by atomic mass is 9.70. The third-order valence-electron chi connectivity index (χ3n) is 8.93. The van der Waals surface area contributed by atoms with Gasteiger partial charge in [0, 0.05) is 64.9 Å². The molecule has 1 aromatic heterocycles. The van der Waals surface area contributed by atoms with Crippen LogP contribution >= 0.6 is 27.7 Å². The number of hydrogen-bond acceptors (Lipinski definition) is 5. The van der Waals surface area contributed by atoms with Crippen LogP contribution in [-0.4, -0.2) is 51.3 Å². The lowest BCUT2D eigenvalue weighted by Crippen LogP contribution is -2.58. The molecule has 2 aromatic carbocycles. The van der Waals surface area contributed by atoms with Gasteiger partial charge in [-0.05, 0) is 66.2 Å². The lowest BCUT2D eigenvalue weighted by Gasteiger charge is -2.44. The summed E-state index contributed by atoms with van der Waals surface area (Å²) < 4.78 is 75.7. The molecule has 0 radical (unpaired) electrons. The second kappa shape index (κ2) is 10.6. The minimum atomic E-state index is -4.92. The Kier molecular flexibility index (Phi) is 7.43. The number of rotatable bonds is 3. The Morgan fingerprint density at radius 1 is 1.14 bits per heavy atom. The summed E-state index contributed by atoms with van der Waals surface area (Å²) in [6.45, 7) is 7.94. The molecule has 228 valence electrons. The first-order chi connectivity index (χ1) is 20.2. The number of carbonyl (C=O) groups excluding carboxylic acids is 1. The highest BCUT2D eigenvalue weighted by atomic mass is 79.9. The van der Waals surface area contributed by atoms with Crippen LogP contribution in [0.5, 0.6) is 0 Å². The predicted molar refractivity (Wildman–Crippen MR) is 159 cm³/mol. The van der Waals surface area contributed by atoms with E-state index in [1.807, 2.05) is 13.8 Å². The van der Waals surface area contributed by atoms with Crippen molar-refractivity contribution in [2.24, 2.45) is 5.41 Å². The van der Waals surface area contributed by atoms with Gasteiger partial charge in [-0.1, -0.05) is 13.0 Å². The number of alkyl halides is 3. The minimum absolute atomic E-state index is 0.0884. The zero-order chi connectivity index (χ0) is 31.0. The minimum Gasteiger partial charge on any atom is -0.349 e. The number of hydrogen-bond donors (Lipinski definition) is 0. The van der Waals surface area contributed by atoms with Crippen molar-refractivity contribution in [3.8, 4) is 11.1 Å². The third kappa shape index (κ3) is 4.96. The van der Waals surface area contributed by atoms with Gasteiger partial charge in [-0.15, -0.1) is 11.8 Å². The van der Waals surface area contributed by atoms with Crippen molar-refractivity contribution < 1.29 is 26.7 Å². The van der Waals surface area contributed by atoms with Crippen LogP contribution in [0.3, 0.4) is 0 Å². The van der Waals surface area contributed by atoms with E-state index in [-0.39, 0.29) is 69.1 Å². The van der Waals surface area contributed by atoms with Crippen molar-refractivity contribution in [1.29, 1.82) is 0 Å². The van der Waals surface area contributed by atoms with Crippen LogP contribution in [0.2, 0.25) is 0 Å². The molecule has 43 heavy (non-hydrogen) atoms. The van der Waals surface area contributed by atoms with Gasteiger partial charge in [0.25, 0.3) is 0 Å². The number of thioether (sulfide) groups is 1. The molecule has 1 aliphatic carbocycles. The molecule has 1 spiro atoms. The maximum atomic E-state index is 15.4. The summed E-state index contributed by atoms with van der Waals surface area (Å²) in [5.41, 5.74) is -2.58. The number of anilines is 1. The third-order valence-corrected chi connectivity index (χ3v) is 11.0. The zero-order valence-corrected chi connectivity index (χ0v) is 25.8. The van der Waals surface area contributed by atoms with E-state index < -0.39 is 40.2 Å². The molecule has 0 N–H and O–H groups in total. The number of carbonyl (C=O) groups is 1. The number of aromatic nitrogens is 2. The van der Waals surface area contributed by atoms with Crippen LogP contribution in [0.4, 0.5) is 27.8 Å². The van der Waals surface area contributed by atoms with Crippen LogP contribution in [0, 0.1) is 17.0 Å². The highest BCUT2D eigenvalue weighted by Crippen LogP contribution is 2.54. The lowest BCUT2D eigenvalue weighted by molar-refractivity contribution is -0.137. The Labute approximate surface area is 257 Å². The molecule has 0 bridgehead atoms. The maximum absolute atomic E-state index is 15.4. The second-order valence-electron chi connectivity index (χ2n) is 11.8. The van der Waals surface area contributed by atoms with Crippen molar-refractivity contribution in [2.45, 2.75) is 62.8 Å². The molecule has 2 fully saturated rings. The molecular weight excluding hydrogens is 655 g/mol. The SMILES string of the molecule is C=CC(=O)N1C[C@H](C)N(c2nc(=O)n3c4c(c(-c5cc(Br)c(F)cc5F)c(C(F)(F)F)cc24)SCC2(CCC2)C3)C[C@H]1C. The largest absolute Gasteiger partial charge is 0.417 e. The van der Waals surface area contributed by atoms with Crippen molar-refractivity contribution in [3.63, 3.8) is 0 Å². The Morgan fingerprint density at radius 2 is 1.86 bits per heavy atom. The molecular formula is C30H28BrF5N4O2S. The summed E-state index contributed by atoms with van der Waals surface area (Å²) in [5.74, 6) is -1.82. The average Bonchev–Trinajstić information content (AvgIpc) is 3.12. The first kappa shape index (κ1) is 30.1. The highest BCUT2D eigenvalue weighted by Gasteiger charge is 2.44. The molecule has 6 rings (SSSR count). The second-order valence-corrected chi connectivity index (χ2v) is 13.6. The van der Waals surface area contributed by atoms with E-state index in [4.69, 9.17) is 0 Å². The molecule has 3 heterocycles. The van der Waals surface area contributed by atoms with E-state index >= 15 is 4.39 Å². The van der Waals surface area contributed by atoms with E-state index in [0.29, 0.717) is 11.8 Å². The predicted octanol–water partition coefficient (Wildman–Crippen LogP) is 7.01. The Bertz CT molecular complexity index is 1740. The van der Waals surface area contributed by atoms with Crippen molar-refractivity contribution >= 4 is 50.3 Å². The summed E-state index contributed by atoms with van der Waals surface area (Å²) in [6, 6.07) is 1.80. The molecule has 2 atom stereocenters. The first-order valence-electron chi connectivity index (χ1n) is 13.9. The molecule has 2 aliphatic heterocycles. The summed E-state index contributed by atoms with van der Waals surface area (Å²) in [5, 5.41) is 0.124. The summed E-state index contributed by atoms with van der Waals surface area (Å²) >= 11 is 4.19. The maximum Gasteiger partial charge on any atom is 0.417 e. The van der Waals surface area contributed by atoms with Crippen molar-refractivity contribution in [3.05, 3.63) is 63.0 Å². The Hall–Kier alpha value is -2.93. The molecule has 1 saturated heterocycles. The average molecular weight is 684 g/mol. The van der Waals surface area contributed by atoms with Gasteiger partial charge in [-0.25, -0.2) is 13.6 Å². The molecule has 1 amide bonds. The summed E-state index contributed by atoms with van der Waals surface area (Å²) in [6.07, 6.45) is -1.16. The van der Waals surface area contributed by atoms with E-state index in [0.717, 1.165) is 31.4 Å². The van der Waals surface area contributed by atoms with Crippen molar-refractivity contribution in [2.75, 3.05) is 23.7 Å². The van der Waals surface area contributed by atoms with E-state index in [2.05, 4.69) is 27.5 Å². The number of benzene rings is 2. The summed E-state index contributed by atoms with van der Waals surface area (Å²) in [4.78, 5) is 34.1. The van der Waals surface area contributed by atoms with E-state index in [1.54, 1.807) is 9.80 Å². The number of amides is 1. The van der Waals surface area contributed by atoms with E-state index in [1.165, 1.54) is 22.4 Å². The first-order valence-corrected chi connectivity index (χ1v) is 15.7. The molecule has 6 nitrogen and oxygen atoms in total.